The third-order valence-corrected chi connectivity index (χ3v) is 8.76. The highest BCUT2D eigenvalue weighted by atomic mass is 16.5. The molecule has 0 spiro atoms. The van der Waals surface area contributed by atoms with Crippen LogP contribution >= 0.6 is 0 Å². The fourth-order valence-electron chi connectivity index (χ4n) is 6.58. The van der Waals surface area contributed by atoms with Gasteiger partial charge in [0.05, 0.1) is 13.2 Å². The molecule has 3 saturated heterocycles. The highest BCUT2D eigenvalue weighted by Gasteiger charge is 2.56. The smallest absolute Gasteiger partial charge is 0.252 e. The van der Waals surface area contributed by atoms with E-state index >= 15 is 0 Å². The van der Waals surface area contributed by atoms with E-state index in [1.54, 1.807) is 19.1 Å². The van der Waals surface area contributed by atoms with Crippen molar-refractivity contribution in [2.75, 3.05) is 53.6 Å². The number of piperidine rings is 1. The number of likely N-dealkylation sites (tertiary alicyclic amines) is 2. The average molecular weight is 514 g/mol. The summed E-state index contributed by atoms with van der Waals surface area (Å²) in [6.45, 7) is 4.13. The topological polar surface area (TPSA) is 97.4 Å². The lowest BCUT2D eigenvalue weighted by molar-refractivity contribution is -0.142. The fourth-order valence-corrected chi connectivity index (χ4v) is 6.58. The Morgan fingerprint density at radius 2 is 1.81 bits per heavy atom. The molecule has 1 aromatic carbocycles. The fraction of sp³-hybridized carbons (Fsp3) is 0.679. The molecule has 3 atom stereocenters. The maximum atomic E-state index is 13.9. The summed E-state index contributed by atoms with van der Waals surface area (Å²) in [4.78, 5) is 43.8. The number of nitrogens with one attached hydrogen (secondary N) is 1. The van der Waals surface area contributed by atoms with Gasteiger partial charge in [-0.05, 0) is 62.4 Å². The third kappa shape index (κ3) is 5.19. The number of hydrogen-bond donors (Lipinski definition) is 1. The zero-order valence-corrected chi connectivity index (χ0v) is 21.9. The molecule has 1 aliphatic carbocycles. The molecule has 1 saturated carbocycles. The van der Waals surface area contributed by atoms with Crippen molar-refractivity contribution in [3.05, 3.63) is 35.4 Å². The van der Waals surface area contributed by atoms with E-state index in [1.165, 1.54) is 5.56 Å². The first-order valence-electron chi connectivity index (χ1n) is 13.6. The molecule has 9 nitrogen and oxygen atoms in total. The molecule has 2 amide bonds. The van der Waals surface area contributed by atoms with Crippen LogP contribution in [0.15, 0.2) is 24.3 Å². The first kappa shape index (κ1) is 26.3. The van der Waals surface area contributed by atoms with Crippen LogP contribution in [0.3, 0.4) is 0 Å². The maximum absolute atomic E-state index is 13.9. The normalized spacial score (nSPS) is 28.0. The van der Waals surface area contributed by atoms with E-state index in [4.69, 9.17) is 14.2 Å². The standard InChI is InChI=1S/C28H39N3O6/c1-35-16-15-30-13-9-20(10-14-30)19-5-7-21(8-6-19)26(33)29-28(11-3-4-12-28)27(34)31-17-23(36-2)25-24(31)22(32)18-37-25/h5-8,20,23-25H,3-4,9-18H2,1-2H3,(H,29,33)/t23-,24-,25-/m1/s1. The van der Waals surface area contributed by atoms with Crippen LogP contribution in [0.1, 0.15) is 60.4 Å². The van der Waals surface area contributed by atoms with Crippen molar-refractivity contribution in [3.63, 3.8) is 0 Å². The molecule has 202 valence electrons. The van der Waals surface area contributed by atoms with Crippen molar-refractivity contribution in [2.24, 2.45) is 0 Å². The van der Waals surface area contributed by atoms with Gasteiger partial charge in [-0.3, -0.25) is 14.4 Å². The van der Waals surface area contributed by atoms with Crippen molar-refractivity contribution >= 4 is 17.6 Å². The SMILES string of the molecule is COCCN1CCC(c2ccc(C(=O)NC3(C(=O)N4C[C@@H](OC)[C@H]5OCC(=O)[C@H]54)CCCC3)cc2)CC1. The zero-order chi connectivity index (χ0) is 26.0. The van der Waals surface area contributed by atoms with E-state index in [-0.39, 0.29) is 30.3 Å². The molecule has 4 aliphatic rings. The second kappa shape index (κ2) is 11.2. The Balaban J connectivity index is 1.25. The van der Waals surface area contributed by atoms with Gasteiger partial charge in [-0.25, -0.2) is 0 Å². The van der Waals surface area contributed by atoms with Gasteiger partial charge in [-0.15, -0.1) is 0 Å². The number of Topliss-reactive ketones (excluding diaryl/α,β-unsaturated/α-hetero) is 1. The lowest BCUT2D eigenvalue weighted by atomic mass is 9.88. The predicted molar refractivity (Wildman–Crippen MR) is 136 cm³/mol. The summed E-state index contributed by atoms with van der Waals surface area (Å²) in [6.07, 6.45) is 4.26. The number of nitrogens with zero attached hydrogens (tertiary/aromatic N) is 2. The highest BCUT2D eigenvalue weighted by Crippen LogP contribution is 2.37. The summed E-state index contributed by atoms with van der Waals surface area (Å²) in [5, 5.41) is 3.10. The van der Waals surface area contributed by atoms with Gasteiger partial charge in [0.25, 0.3) is 5.91 Å². The van der Waals surface area contributed by atoms with Crippen LogP contribution in [0.25, 0.3) is 0 Å². The summed E-state index contributed by atoms with van der Waals surface area (Å²) in [7, 11) is 3.31. The van der Waals surface area contributed by atoms with Gasteiger partial charge in [0.2, 0.25) is 5.91 Å². The molecular weight excluding hydrogens is 474 g/mol. The van der Waals surface area contributed by atoms with Crippen molar-refractivity contribution in [1.29, 1.82) is 0 Å². The minimum absolute atomic E-state index is 0.00311. The monoisotopic (exact) mass is 513 g/mol. The number of carbonyl (C=O) groups excluding carboxylic acids is 3. The van der Waals surface area contributed by atoms with Gasteiger partial charge in [0.15, 0.2) is 5.78 Å². The number of carbonyl (C=O) groups is 3. The van der Waals surface area contributed by atoms with Gasteiger partial charge in [0, 0.05) is 26.3 Å². The lowest BCUT2D eigenvalue weighted by Crippen LogP contribution is -2.60. The molecular formula is C28H39N3O6. The second-order valence-electron chi connectivity index (χ2n) is 10.9. The summed E-state index contributed by atoms with van der Waals surface area (Å²) < 4.78 is 16.4. The van der Waals surface area contributed by atoms with Crippen LogP contribution < -0.4 is 5.32 Å². The molecule has 4 fully saturated rings. The molecule has 3 heterocycles. The number of fused-ring (bicyclic) bond motifs is 1. The summed E-state index contributed by atoms with van der Waals surface area (Å²) >= 11 is 0. The number of benzene rings is 1. The third-order valence-electron chi connectivity index (χ3n) is 8.76. The summed E-state index contributed by atoms with van der Waals surface area (Å²) in [5.74, 6) is -0.0491. The van der Waals surface area contributed by atoms with Gasteiger partial charge < -0.3 is 29.3 Å². The van der Waals surface area contributed by atoms with E-state index in [2.05, 4.69) is 22.3 Å². The van der Waals surface area contributed by atoms with Crippen LogP contribution in [0.2, 0.25) is 0 Å². The molecule has 0 aromatic heterocycles. The Labute approximate surface area is 218 Å². The van der Waals surface area contributed by atoms with Crippen LogP contribution in [-0.4, -0.2) is 105 Å². The molecule has 9 heteroatoms. The average Bonchev–Trinajstić information content (AvgIpc) is 3.65. The van der Waals surface area contributed by atoms with Crippen LogP contribution in [0.4, 0.5) is 0 Å². The number of rotatable bonds is 8. The zero-order valence-electron chi connectivity index (χ0n) is 21.9. The van der Waals surface area contributed by atoms with Gasteiger partial charge in [0.1, 0.15) is 30.4 Å². The molecule has 0 radical (unpaired) electrons. The van der Waals surface area contributed by atoms with Crippen LogP contribution in [-0.2, 0) is 23.8 Å². The van der Waals surface area contributed by atoms with Crippen molar-refractivity contribution in [3.8, 4) is 0 Å². The molecule has 37 heavy (non-hydrogen) atoms. The molecule has 1 N–H and O–H groups in total. The number of ketones is 1. The maximum Gasteiger partial charge on any atom is 0.252 e. The molecule has 5 rings (SSSR count). The molecule has 3 aliphatic heterocycles. The van der Waals surface area contributed by atoms with Crippen LogP contribution in [0.5, 0.6) is 0 Å². The predicted octanol–water partition coefficient (Wildman–Crippen LogP) is 1.75. The van der Waals surface area contributed by atoms with E-state index in [9.17, 15) is 14.4 Å². The van der Waals surface area contributed by atoms with Crippen molar-refractivity contribution in [2.45, 2.75) is 68.2 Å². The van der Waals surface area contributed by atoms with Crippen molar-refractivity contribution in [1.82, 2.24) is 15.1 Å². The number of methoxy groups -OCH3 is 2. The first-order chi connectivity index (χ1) is 18.0. The Morgan fingerprint density at radius 1 is 1.11 bits per heavy atom. The Morgan fingerprint density at radius 3 is 2.46 bits per heavy atom. The summed E-state index contributed by atoms with van der Waals surface area (Å²) in [5.41, 5.74) is 0.804. The molecule has 0 bridgehead atoms. The quantitative estimate of drug-likeness (QED) is 0.566. The van der Waals surface area contributed by atoms with E-state index in [0.29, 0.717) is 30.9 Å². The van der Waals surface area contributed by atoms with Gasteiger partial charge in [-0.1, -0.05) is 25.0 Å². The number of amides is 2. The van der Waals surface area contributed by atoms with Crippen LogP contribution in [0, 0.1) is 0 Å². The Hall–Kier alpha value is -2.33. The Kier molecular flexibility index (Phi) is 7.95. The Bertz CT molecular complexity index is 984. The minimum Gasteiger partial charge on any atom is -0.383 e. The lowest BCUT2D eigenvalue weighted by Gasteiger charge is -2.35. The van der Waals surface area contributed by atoms with E-state index < -0.39 is 17.7 Å². The number of ether oxygens (including phenoxy) is 3. The van der Waals surface area contributed by atoms with Crippen molar-refractivity contribution < 1.29 is 28.6 Å². The highest BCUT2D eigenvalue weighted by molar-refractivity contribution is 6.01. The number of hydrogen-bond acceptors (Lipinski definition) is 7. The molecule has 0 unspecified atom stereocenters. The minimum atomic E-state index is -0.999. The second-order valence-corrected chi connectivity index (χ2v) is 10.9. The van der Waals surface area contributed by atoms with Gasteiger partial charge >= 0.3 is 0 Å². The largest absolute Gasteiger partial charge is 0.383 e. The van der Waals surface area contributed by atoms with E-state index in [0.717, 1.165) is 51.9 Å². The molecule has 1 aromatic rings. The van der Waals surface area contributed by atoms with Gasteiger partial charge in [-0.2, -0.15) is 0 Å². The van der Waals surface area contributed by atoms with E-state index in [1.807, 2.05) is 12.1 Å². The first-order valence-corrected chi connectivity index (χ1v) is 13.6. The summed E-state index contributed by atoms with van der Waals surface area (Å²) in [6, 6.07) is 7.21.